The van der Waals surface area contributed by atoms with E-state index in [4.69, 9.17) is 14.2 Å². The maximum atomic E-state index is 13.1. The van der Waals surface area contributed by atoms with E-state index >= 15 is 0 Å². The largest absolute Gasteiger partial charge is 0.457 e. The molecule has 0 radical (unpaired) electrons. The van der Waals surface area contributed by atoms with Crippen LogP contribution in [0.1, 0.15) is 54.7 Å². The maximum Gasteiger partial charge on any atom is 0.193 e. The Hall–Kier alpha value is -6.27. The molecule has 0 fully saturated rings. The standard InChI is InChI=1S/C41H30O6/c1-27-3-15-34(16-4-27)45-36-19-7-30(8-20-36)40(43)32-11-23-38(24-12-32)47-39-25-13-33(14-26-39)41(44)31-9-21-37(22-10-31)46-35-17-5-29(6-18-35)28(2)42/h3-26H,1-2H3. The predicted molar refractivity (Wildman–Crippen MR) is 180 cm³/mol. The van der Waals surface area contributed by atoms with Crippen LogP contribution in [-0.2, 0) is 0 Å². The minimum absolute atomic E-state index is 0.00890. The molecule has 6 aromatic carbocycles. The molecular formula is C41H30O6. The van der Waals surface area contributed by atoms with Gasteiger partial charge in [-0.1, -0.05) is 17.7 Å². The molecule has 0 aliphatic heterocycles. The van der Waals surface area contributed by atoms with Crippen molar-refractivity contribution in [2.75, 3.05) is 0 Å². The van der Waals surface area contributed by atoms with Gasteiger partial charge in [-0.25, -0.2) is 0 Å². The molecule has 0 amide bonds. The highest BCUT2D eigenvalue weighted by Gasteiger charge is 2.12. The molecule has 0 saturated heterocycles. The highest BCUT2D eigenvalue weighted by atomic mass is 16.5. The Bertz CT molecular complexity index is 2010. The first kappa shape index (κ1) is 30.7. The molecule has 0 spiro atoms. The van der Waals surface area contributed by atoms with E-state index in [1.54, 1.807) is 121 Å². The lowest BCUT2D eigenvalue weighted by Crippen LogP contribution is -2.01. The molecule has 0 atom stereocenters. The Kier molecular flexibility index (Phi) is 9.02. The van der Waals surface area contributed by atoms with Crippen molar-refractivity contribution in [1.29, 1.82) is 0 Å². The first-order valence-corrected chi connectivity index (χ1v) is 15.0. The van der Waals surface area contributed by atoms with E-state index in [0.29, 0.717) is 56.6 Å². The minimum atomic E-state index is -0.133. The van der Waals surface area contributed by atoms with Crippen LogP contribution >= 0.6 is 0 Å². The average Bonchev–Trinajstić information content (AvgIpc) is 3.10. The Morgan fingerprint density at radius 2 is 0.553 bits per heavy atom. The summed E-state index contributed by atoms with van der Waals surface area (Å²) >= 11 is 0. The Balaban J connectivity index is 1.03. The monoisotopic (exact) mass is 618 g/mol. The number of carbonyl (C=O) groups excluding carboxylic acids is 3. The topological polar surface area (TPSA) is 78.9 Å². The lowest BCUT2D eigenvalue weighted by Gasteiger charge is -2.09. The molecule has 0 aliphatic rings. The van der Waals surface area contributed by atoms with Crippen LogP contribution < -0.4 is 14.2 Å². The van der Waals surface area contributed by atoms with Gasteiger partial charge in [-0.05, 0) is 147 Å². The normalized spacial score (nSPS) is 10.6. The number of carbonyl (C=O) groups is 3. The van der Waals surface area contributed by atoms with E-state index in [9.17, 15) is 14.4 Å². The smallest absolute Gasteiger partial charge is 0.193 e. The zero-order valence-electron chi connectivity index (χ0n) is 25.8. The highest BCUT2D eigenvalue weighted by Crippen LogP contribution is 2.27. The number of rotatable bonds is 11. The molecule has 6 rings (SSSR count). The van der Waals surface area contributed by atoms with Crippen molar-refractivity contribution in [3.05, 3.63) is 179 Å². The lowest BCUT2D eigenvalue weighted by molar-refractivity contribution is 0.101. The summed E-state index contributed by atoms with van der Waals surface area (Å²) in [5.74, 6) is 3.44. The van der Waals surface area contributed by atoms with Crippen LogP contribution in [0.15, 0.2) is 146 Å². The molecule has 0 aromatic heterocycles. The molecular weight excluding hydrogens is 588 g/mol. The number of ketones is 3. The third-order valence-electron chi connectivity index (χ3n) is 7.45. The van der Waals surface area contributed by atoms with Crippen molar-refractivity contribution in [3.63, 3.8) is 0 Å². The number of benzene rings is 6. The third-order valence-corrected chi connectivity index (χ3v) is 7.45. The molecule has 6 heteroatoms. The molecule has 0 saturated carbocycles. The second-order valence-electron chi connectivity index (χ2n) is 11.0. The average molecular weight is 619 g/mol. The van der Waals surface area contributed by atoms with Crippen LogP contribution in [-0.4, -0.2) is 17.3 Å². The fraction of sp³-hybridized carbons (Fsp3) is 0.0488. The molecule has 0 unspecified atom stereocenters. The van der Waals surface area contributed by atoms with E-state index in [0.717, 1.165) is 11.3 Å². The number of hydrogen-bond donors (Lipinski definition) is 0. The fourth-order valence-corrected chi connectivity index (χ4v) is 4.80. The van der Waals surface area contributed by atoms with Crippen LogP contribution in [0.5, 0.6) is 34.5 Å². The van der Waals surface area contributed by atoms with Gasteiger partial charge in [0.1, 0.15) is 34.5 Å². The van der Waals surface area contributed by atoms with Gasteiger partial charge in [-0.15, -0.1) is 0 Å². The van der Waals surface area contributed by atoms with Crippen molar-refractivity contribution in [2.24, 2.45) is 0 Å². The number of ether oxygens (including phenoxy) is 3. The highest BCUT2D eigenvalue weighted by molar-refractivity contribution is 6.09. The van der Waals surface area contributed by atoms with Gasteiger partial charge in [0, 0.05) is 27.8 Å². The van der Waals surface area contributed by atoms with Crippen molar-refractivity contribution < 1.29 is 28.6 Å². The molecule has 0 aliphatic carbocycles. The second-order valence-corrected chi connectivity index (χ2v) is 11.0. The minimum Gasteiger partial charge on any atom is -0.457 e. The SMILES string of the molecule is CC(=O)c1ccc(Oc2ccc(C(=O)c3ccc(Oc4ccc(C(=O)c5ccc(Oc6ccc(C)cc6)cc5)cc4)cc3)cc2)cc1. The van der Waals surface area contributed by atoms with E-state index in [1.165, 1.54) is 6.92 Å². The van der Waals surface area contributed by atoms with Gasteiger partial charge in [-0.3, -0.25) is 14.4 Å². The summed E-state index contributed by atoms with van der Waals surface area (Å²) in [6.45, 7) is 3.53. The number of Topliss-reactive ketones (excluding diaryl/α,β-unsaturated/α-hetero) is 1. The van der Waals surface area contributed by atoms with E-state index in [-0.39, 0.29) is 17.3 Å². The van der Waals surface area contributed by atoms with E-state index < -0.39 is 0 Å². The first-order chi connectivity index (χ1) is 22.8. The van der Waals surface area contributed by atoms with Crippen LogP contribution in [0.2, 0.25) is 0 Å². The van der Waals surface area contributed by atoms with E-state index in [1.807, 2.05) is 31.2 Å². The molecule has 0 N–H and O–H groups in total. The zero-order chi connectivity index (χ0) is 32.8. The summed E-state index contributed by atoms with van der Waals surface area (Å²) in [6, 6.07) is 42.4. The second kappa shape index (κ2) is 13.8. The Morgan fingerprint density at radius 3 is 0.787 bits per heavy atom. The van der Waals surface area contributed by atoms with Gasteiger partial charge in [0.05, 0.1) is 0 Å². The molecule has 6 aromatic rings. The maximum absolute atomic E-state index is 13.1. The van der Waals surface area contributed by atoms with Gasteiger partial charge in [-0.2, -0.15) is 0 Å². The molecule has 6 nitrogen and oxygen atoms in total. The Morgan fingerprint density at radius 1 is 0.340 bits per heavy atom. The van der Waals surface area contributed by atoms with Gasteiger partial charge >= 0.3 is 0 Å². The third kappa shape index (κ3) is 7.70. The predicted octanol–water partition coefficient (Wildman–Crippen LogP) is 10.0. The number of aryl methyl sites for hydroxylation is 1. The number of hydrogen-bond acceptors (Lipinski definition) is 6. The van der Waals surface area contributed by atoms with Crippen LogP contribution in [0.4, 0.5) is 0 Å². The van der Waals surface area contributed by atoms with Gasteiger partial charge in [0.25, 0.3) is 0 Å². The van der Waals surface area contributed by atoms with Crippen molar-refractivity contribution in [3.8, 4) is 34.5 Å². The van der Waals surface area contributed by atoms with Crippen LogP contribution in [0.25, 0.3) is 0 Å². The van der Waals surface area contributed by atoms with Crippen molar-refractivity contribution in [1.82, 2.24) is 0 Å². The van der Waals surface area contributed by atoms with Crippen molar-refractivity contribution >= 4 is 17.3 Å². The summed E-state index contributed by atoms with van der Waals surface area (Å²) in [4.78, 5) is 37.6. The van der Waals surface area contributed by atoms with Crippen LogP contribution in [0.3, 0.4) is 0 Å². The van der Waals surface area contributed by atoms with Gasteiger partial charge < -0.3 is 14.2 Å². The zero-order valence-corrected chi connectivity index (χ0v) is 25.8. The fourth-order valence-electron chi connectivity index (χ4n) is 4.80. The summed E-state index contributed by atoms with van der Waals surface area (Å²) < 4.78 is 17.6. The van der Waals surface area contributed by atoms with Gasteiger partial charge in [0.15, 0.2) is 17.3 Å². The summed E-state index contributed by atoms with van der Waals surface area (Å²) in [6.07, 6.45) is 0. The first-order valence-electron chi connectivity index (χ1n) is 15.0. The molecule has 230 valence electrons. The van der Waals surface area contributed by atoms with E-state index in [2.05, 4.69) is 0 Å². The van der Waals surface area contributed by atoms with Crippen molar-refractivity contribution in [2.45, 2.75) is 13.8 Å². The summed E-state index contributed by atoms with van der Waals surface area (Å²) in [7, 11) is 0. The summed E-state index contributed by atoms with van der Waals surface area (Å²) in [5.41, 5.74) is 3.89. The van der Waals surface area contributed by atoms with Crippen LogP contribution in [0, 0.1) is 6.92 Å². The quantitative estimate of drug-likeness (QED) is 0.135. The molecule has 0 heterocycles. The van der Waals surface area contributed by atoms with Gasteiger partial charge in [0.2, 0.25) is 0 Å². The lowest BCUT2D eigenvalue weighted by atomic mass is 10.0. The molecule has 47 heavy (non-hydrogen) atoms. The Labute approximate surface area is 272 Å². The summed E-state index contributed by atoms with van der Waals surface area (Å²) in [5, 5.41) is 0. The molecule has 0 bridgehead atoms.